The largest absolute Gasteiger partial charge is 0.372 e. The minimum absolute atomic E-state index is 0.0182. The topological polar surface area (TPSA) is 61.4 Å². The second-order valence-electron chi connectivity index (χ2n) is 6.07. The molecule has 2 N–H and O–H groups in total. The number of anilines is 1. The first kappa shape index (κ1) is 14.9. The summed E-state index contributed by atoms with van der Waals surface area (Å²) in [4.78, 5) is 26.4. The summed E-state index contributed by atoms with van der Waals surface area (Å²) in [5, 5.41) is 5.51. The van der Waals surface area contributed by atoms with Gasteiger partial charge in [0.2, 0.25) is 0 Å². The van der Waals surface area contributed by atoms with Gasteiger partial charge in [-0.2, -0.15) is 0 Å². The predicted octanol–water partition coefficient (Wildman–Crippen LogP) is 2.32. The van der Waals surface area contributed by atoms with E-state index in [1.54, 1.807) is 0 Å². The second-order valence-corrected chi connectivity index (χ2v) is 6.07. The Balaban J connectivity index is 1.72. The molecule has 3 rings (SSSR count). The first-order valence-electron chi connectivity index (χ1n) is 8.15. The number of carbonyl (C=O) groups is 2. The van der Waals surface area contributed by atoms with Gasteiger partial charge in [0.05, 0.1) is 6.04 Å². The smallest absolute Gasteiger partial charge is 0.315 e. The molecule has 2 unspecified atom stereocenters. The van der Waals surface area contributed by atoms with Crippen LogP contribution in [0, 0.1) is 0 Å². The van der Waals surface area contributed by atoms with Crippen LogP contribution >= 0.6 is 0 Å². The Kier molecular flexibility index (Phi) is 4.32. The average molecular weight is 301 g/mol. The van der Waals surface area contributed by atoms with E-state index in [1.165, 1.54) is 24.9 Å². The van der Waals surface area contributed by atoms with Gasteiger partial charge in [0.15, 0.2) is 5.78 Å². The van der Waals surface area contributed by atoms with Gasteiger partial charge >= 0.3 is 6.03 Å². The number of amides is 2. The maximum absolute atomic E-state index is 12.6. The summed E-state index contributed by atoms with van der Waals surface area (Å²) >= 11 is 0. The summed E-state index contributed by atoms with van der Waals surface area (Å²) in [5.41, 5.74) is 1.84. The van der Waals surface area contributed by atoms with E-state index >= 15 is 0 Å². The monoisotopic (exact) mass is 301 g/mol. The molecule has 0 saturated carbocycles. The zero-order chi connectivity index (χ0) is 15.5. The zero-order valence-electron chi connectivity index (χ0n) is 13.0. The number of rotatable bonds is 4. The molecule has 0 aromatic heterocycles. The summed E-state index contributed by atoms with van der Waals surface area (Å²) in [7, 11) is 0. The third-order valence-electron chi connectivity index (χ3n) is 4.60. The van der Waals surface area contributed by atoms with Crippen molar-refractivity contribution in [2.24, 2.45) is 0 Å². The number of hydrogen-bond donors (Lipinski definition) is 2. The molecular formula is C17H23N3O2. The van der Waals surface area contributed by atoms with E-state index in [0.29, 0.717) is 5.56 Å². The molecule has 2 aliphatic rings. The van der Waals surface area contributed by atoms with Crippen molar-refractivity contribution < 1.29 is 9.59 Å². The molecule has 5 heteroatoms. The zero-order valence-corrected chi connectivity index (χ0v) is 13.0. The van der Waals surface area contributed by atoms with Crippen molar-refractivity contribution in [1.29, 1.82) is 0 Å². The maximum Gasteiger partial charge on any atom is 0.315 e. The third-order valence-corrected chi connectivity index (χ3v) is 4.60. The van der Waals surface area contributed by atoms with E-state index in [1.807, 2.05) is 31.2 Å². The minimum Gasteiger partial charge on any atom is -0.372 e. The highest BCUT2D eigenvalue weighted by Crippen LogP contribution is 2.21. The molecule has 0 spiro atoms. The Morgan fingerprint density at radius 3 is 2.45 bits per heavy atom. The highest BCUT2D eigenvalue weighted by atomic mass is 16.2. The minimum atomic E-state index is -0.460. The predicted molar refractivity (Wildman–Crippen MR) is 86.4 cm³/mol. The number of hydrogen-bond acceptors (Lipinski definition) is 3. The van der Waals surface area contributed by atoms with Gasteiger partial charge in [0, 0.05) is 24.3 Å². The Bertz CT molecular complexity index is 550. The first-order chi connectivity index (χ1) is 10.7. The number of benzene rings is 1. The molecule has 0 bridgehead atoms. The molecule has 1 aromatic rings. The lowest BCUT2D eigenvalue weighted by atomic mass is 9.97. The Labute approximate surface area is 131 Å². The molecule has 2 atom stereocenters. The van der Waals surface area contributed by atoms with Gasteiger partial charge in [0.25, 0.3) is 0 Å². The summed E-state index contributed by atoms with van der Waals surface area (Å²) in [6.07, 6.45) is 4.51. The third kappa shape index (κ3) is 2.93. The van der Waals surface area contributed by atoms with E-state index in [0.717, 1.165) is 19.5 Å². The molecule has 118 valence electrons. The lowest BCUT2D eigenvalue weighted by Crippen LogP contribution is -2.40. The van der Waals surface area contributed by atoms with Gasteiger partial charge < -0.3 is 15.5 Å². The van der Waals surface area contributed by atoms with Crippen molar-refractivity contribution in [3.05, 3.63) is 29.8 Å². The van der Waals surface area contributed by atoms with Crippen LogP contribution in [-0.2, 0) is 0 Å². The van der Waals surface area contributed by atoms with Gasteiger partial charge in [-0.15, -0.1) is 0 Å². The fraction of sp³-hybridized carbons (Fsp3) is 0.529. The van der Waals surface area contributed by atoms with Crippen molar-refractivity contribution in [3.8, 4) is 0 Å². The molecule has 2 heterocycles. The van der Waals surface area contributed by atoms with Crippen molar-refractivity contribution in [2.45, 2.75) is 44.7 Å². The quantitative estimate of drug-likeness (QED) is 0.839. The molecule has 0 aliphatic carbocycles. The Morgan fingerprint density at radius 1 is 1.14 bits per heavy atom. The molecule has 2 amide bonds. The van der Waals surface area contributed by atoms with Crippen LogP contribution < -0.4 is 15.5 Å². The lowest BCUT2D eigenvalue weighted by Gasteiger charge is -2.29. The summed E-state index contributed by atoms with van der Waals surface area (Å²) < 4.78 is 0. The molecule has 0 radical (unpaired) electrons. The van der Waals surface area contributed by atoms with Crippen LogP contribution in [0.5, 0.6) is 0 Å². The highest BCUT2D eigenvalue weighted by molar-refractivity contribution is 6.04. The summed E-state index contributed by atoms with van der Waals surface area (Å²) in [6, 6.07) is 6.95. The van der Waals surface area contributed by atoms with Crippen LogP contribution in [-0.4, -0.2) is 37.0 Å². The van der Waals surface area contributed by atoms with Crippen molar-refractivity contribution >= 4 is 17.5 Å². The summed E-state index contributed by atoms with van der Waals surface area (Å²) in [5.74, 6) is -0.0182. The van der Waals surface area contributed by atoms with Crippen molar-refractivity contribution in [1.82, 2.24) is 10.6 Å². The SMILES string of the molecule is CCC1NC(=O)NC1C(=O)c1ccc(N2CCCCC2)cc1. The molecule has 2 fully saturated rings. The second kappa shape index (κ2) is 6.38. The maximum atomic E-state index is 12.6. The average Bonchev–Trinajstić information content (AvgIpc) is 2.96. The standard InChI is InChI=1S/C17H23N3O2/c1-2-14-15(19-17(22)18-14)16(21)12-6-8-13(9-7-12)20-10-4-3-5-11-20/h6-9,14-15H,2-5,10-11H2,1H3,(H2,18,19,22). The van der Waals surface area contributed by atoms with Gasteiger partial charge in [0.1, 0.15) is 6.04 Å². The normalized spacial score (nSPS) is 24.8. The van der Waals surface area contributed by atoms with Crippen molar-refractivity contribution in [3.63, 3.8) is 0 Å². The highest BCUT2D eigenvalue weighted by Gasteiger charge is 2.35. The molecule has 1 aromatic carbocycles. The van der Waals surface area contributed by atoms with Gasteiger partial charge in [-0.05, 0) is 49.9 Å². The number of ketones is 1. The van der Waals surface area contributed by atoms with Gasteiger partial charge in [-0.1, -0.05) is 6.92 Å². The number of nitrogens with zero attached hydrogens (tertiary/aromatic N) is 1. The van der Waals surface area contributed by atoms with E-state index < -0.39 is 6.04 Å². The molecule has 22 heavy (non-hydrogen) atoms. The fourth-order valence-corrected chi connectivity index (χ4v) is 3.29. The van der Waals surface area contributed by atoms with Crippen molar-refractivity contribution in [2.75, 3.05) is 18.0 Å². The first-order valence-corrected chi connectivity index (χ1v) is 8.15. The lowest BCUT2D eigenvalue weighted by molar-refractivity contribution is 0.0943. The molecule has 2 aliphatic heterocycles. The Morgan fingerprint density at radius 2 is 1.82 bits per heavy atom. The van der Waals surface area contributed by atoms with Crippen LogP contribution in [0.15, 0.2) is 24.3 Å². The van der Waals surface area contributed by atoms with Crippen LogP contribution in [0.2, 0.25) is 0 Å². The molecule has 2 saturated heterocycles. The van der Waals surface area contributed by atoms with Crippen LogP contribution in [0.4, 0.5) is 10.5 Å². The van der Waals surface area contributed by atoms with E-state index in [4.69, 9.17) is 0 Å². The van der Waals surface area contributed by atoms with Gasteiger partial charge in [-0.3, -0.25) is 4.79 Å². The number of carbonyl (C=O) groups excluding carboxylic acids is 2. The number of nitrogens with one attached hydrogen (secondary N) is 2. The number of urea groups is 1. The summed E-state index contributed by atoms with van der Waals surface area (Å²) in [6.45, 7) is 4.15. The Hall–Kier alpha value is -2.04. The fourth-order valence-electron chi connectivity index (χ4n) is 3.29. The van der Waals surface area contributed by atoms with Gasteiger partial charge in [-0.25, -0.2) is 4.79 Å². The number of piperidine rings is 1. The van der Waals surface area contributed by atoms with E-state index in [-0.39, 0.29) is 17.9 Å². The van der Waals surface area contributed by atoms with E-state index in [9.17, 15) is 9.59 Å². The number of Topliss-reactive ketones (excluding diaryl/α,β-unsaturated/α-hetero) is 1. The molecular weight excluding hydrogens is 278 g/mol. The van der Waals surface area contributed by atoms with Crippen LogP contribution in [0.25, 0.3) is 0 Å². The van der Waals surface area contributed by atoms with Crippen LogP contribution in [0.1, 0.15) is 43.0 Å². The molecule has 5 nitrogen and oxygen atoms in total. The van der Waals surface area contributed by atoms with Crippen LogP contribution in [0.3, 0.4) is 0 Å². The van der Waals surface area contributed by atoms with E-state index in [2.05, 4.69) is 15.5 Å².